The van der Waals surface area contributed by atoms with Crippen LogP contribution in [0.25, 0.3) is 0 Å². The van der Waals surface area contributed by atoms with Crippen LogP contribution in [0.3, 0.4) is 0 Å². The second-order valence-electron chi connectivity index (χ2n) is 4.18. The van der Waals surface area contributed by atoms with Crippen molar-refractivity contribution in [2.45, 2.75) is 18.0 Å². The molecule has 0 unspecified atom stereocenters. The minimum absolute atomic E-state index is 0.131. The van der Waals surface area contributed by atoms with Crippen molar-refractivity contribution in [1.29, 1.82) is 0 Å². The summed E-state index contributed by atoms with van der Waals surface area (Å²) >= 11 is 0. The smallest absolute Gasteiger partial charge is 0.399 e. The summed E-state index contributed by atoms with van der Waals surface area (Å²) in [5.41, 5.74) is 6.15. The predicted molar refractivity (Wildman–Crippen MR) is 66.7 cm³/mol. The van der Waals surface area contributed by atoms with Crippen molar-refractivity contribution in [3.8, 4) is 0 Å². The van der Waals surface area contributed by atoms with E-state index in [0.29, 0.717) is 11.3 Å². The van der Waals surface area contributed by atoms with Gasteiger partial charge in [-0.15, -0.1) is 0 Å². The van der Waals surface area contributed by atoms with Crippen molar-refractivity contribution < 1.29 is 26.4 Å². The minimum atomic E-state index is -4.59. The highest BCUT2D eigenvalue weighted by Gasteiger charge is 2.29. The van der Waals surface area contributed by atoms with E-state index in [0.717, 1.165) is 0 Å². The van der Waals surface area contributed by atoms with Crippen molar-refractivity contribution in [3.05, 3.63) is 23.8 Å². The number of amides is 1. The van der Waals surface area contributed by atoms with Crippen LogP contribution in [0.2, 0.25) is 0 Å². The highest BCUT2D eigenvalue weighted by molar-refractivity contribution is 7.92. The maximum Gasteiger partial charge on any atom is 0.405 e. The Morgan fingerprint density at radius 3 is 2.45 bits per heavy atom. The Bertz CT molecular complexity index is 612. The third kappa shape index (κ3) is 4.72. The topological polar surface area (TPSA) is 89.3 Å². The molecule has 0 heterocycles. The molecule has 0 saturated carbocycles. The largest absolute Gasteiger partial charge is 0.405 e. The van der Waals surface area contributed by atoms with E-state index in [1.165, 1.54) is 30.4 Å². The highest BCUT2D eigenvalue weighted by atomic mass is 32.2. The van der Waals surface area contributed by atoms with Gasteiger partial charge in [-0.05, 0) is 30.7 Å². The number of halogens is 3. The van der Waals surface area contributed by atoms with Gasteiger partial charge in [-0.25, -0.2) is 8.42 Å². The number of rotatable bonds is 4. The van der Waals surface area contributed by atoms with Crippen molar-refractivity contribution in [2.75, 3.05) is 18.0 Å². The standard InChI is InChI=1S/C11H13F3N2O3S/c1-7-4-8(15)2-3-9(7)20(18,19)5-10(17)16-6-11(12,13)14/h2-4H,5-6,15H2,1H3,(H,16,17). The van der Waals surface area contributed by atoms with Crippen LogP contribution in [0.4, 0.5) is 18.9 Å². The second kappa shape index (κ2) is 5.70. The zero-order valence-corrected chi connectivity index (χ0v) is 11.3. The van der Waals surface area contributed by atoms with Crippen LogP contribution in [0.1, 0.15) is 5.56 Å². The monoisotopic (exact) mass is 310 g/mol. The van der Waals surface area contributed by atoms with Crippen LogP contribution in [0.5, 0.6) is 0 Å². The number of sulfone groups is 1. The number of nitrogens with two attached hydrogens (primary N) is 1. The molecule has 0 aliphatic heterocycles. The maximum absolute atomic E-state index is 11.9. The number of alkyl halides is 3. The molecular formula is C11H13F3N2O3S. The number of carbonyl (C=O) groups is 1. The maximum atomic E-state index is 11.9. The Labute approximate surface area is 113 Å². The summed E-state index contributed by atoms with van der Waals surface area (Å²) in [7, 11) is -4.01. The molecule has 9 heteroatoms. The lowest BCUT2D eigenvalue weighted by molar-refractivity contribution is -0.137. The first kappa shape index (κ1) is 16.3. The Morgan fingerprint density at radius 1 is 1.35 bits per heavy atom. The summed E-state index contributed by atoms with van der Waals surface area (Å²) in [5, 5.41) is 1.51. The average Bonchev–Trinajstić information content (AvgIpc) is 2.24. The Kier molecular flexibility index (Phi) is 4.64. The Morgan fingerprint density at radius 2 is 1.95 bits per heavy atom. The molecule has 0 spiro atoms. The van der Waals surface area contributed by atoms with Gasteiger partial charge in [0.1, 0.15) is 12.3 Å². The van der Waals surface area contributed by atoms with E-state index in [1.54, 1.807) is 0 Å². The fraction of sp³-hybridized carbons (Fsp3) is 0.364. The number of anilines is 1. The summed E-state index contributed by atoms with van der Waals surface area (Å²) in [4.78, 5) is 11.1. The number of nitrogen functional groups attached to an aromatic ring is 1. The van der Waals surface area contributed by atoms with Crippen molar-refractivity contribution >= 4 is 21.4 Å². The predicted octanol–water partition coefficient (Wildman–Crippen LogP) is 1.03. The van der Waals surface area contributed by atoms with E-state index in [2.05, 4.69) is 0 Å². The van der Waals surface area contributed by atoms with Crippen LogP contribution < -0.4 is 11.1 Å². The lowest BCUT2D eigenvalue weighted by Crippen LogP contribution is -2.37. The van der Waals surface area contributed by atoms with E-state index >= 15 is 0 Å². The summed E-state index contributed by atoms with van der Waals surface area (Å²) < 4.78 is 59.5. The van der Waals surface area contributed by atoms with Crippen molar-refractivity contribution in [1.82, 2.24) is 5.32 Å². The first-order valence-electron chi connectivity index (χ1n) is 5.43. The quantitative estimate of drug-likeness (QED) is 0.813. The van der Waals surface area contributed by atoms with E-state index in [1.807, 2.05) is 0 Å². The molecule has 0 fully saturated rings. The summed E-state index contributed by atoms with van der Waals surface area (Å²) in [6.07, 6.45) is -4.59. The summed E-state index contributed by atoms with van der Waals surface area (Å²) in [5.74, 6) is -2.26. The van der Waals surface area contributed by atoms with E-state index in [-0.39, 0.29) is 4.90 Å². The van der Waals surface area contributed by atoms with Gasteiger partial charge in [0, 0.05) is 5.69 Å². The number of aryl methyl sites for hydroxylation is 1. The molecule has 1 rings (SSSR count). The van der Waals surface area contributed by atoms with Gasteiger partial charge >= 0.3 is 6.18 Å². The van der Waals surface area contributed by atoms with Gasteiger partial charge in [-0.3, -0.25) is 4.79 Å². The van der Waals surface area contributed by atoms with Crippen LogP contribution >= 0.6 is 0 Å². The van der Waals surface area contributed by atoms with Crippen LogP contribution in [-0.4, -0.2) is 32.8 Å². The van der Waals surface area contributed by atoms with Gasteiger partial charge in [-0.2, -0.15) is 13.2 Å². The normalized spacial score (nSPS) is 12.2. The molecule has 0 atom stereocenters. The molecule has 0 aromatic heterocycles. The molecule has 0 aliphatic carbocycles. The van der Waals surface area contributed by atoms with Crippen LogP contribution in [-0.2, 0) is 14.6 Å². The van der Waals surface area contributed by atoms with Gasteiger partial charge in [0.15, 0.2) is 9.84 Å². The van der Waals surface area contributed by atoms with Gasteiger partial charge in [-0.1, -0.05) is 0 Å². The molecule has 1 aromatic rings. The molecule has 0 bridgehead atoms. The molecule has 1 aromatic carbocycles. The highest BCUT2D eigenvalue weighted by Crippen LogP contribution is 2.19. The van der Waals surface area contributed by atoms with E-state index < -0.39 is 34.2 Å². The van der Waals surface area contributed by atoms with Crippen LogP contribution in [0.15, 0.2) is 23.1 Å². The van der Waals surface area contributed by atoms with E-state index in [4.69, 9.17) is 5.73 Å². The third-order valence-electron chi connectivity index (χ3n) is 2.34. The zero-order valence-electron chi connectivity index (χ0n) is 10.5. The number of carbonyl (C=O) groups excluding carboxylic acids is 1. The molecular weight excluding hydrogens is 297 g/mol. The zero-order chi connectivity index (χ0) is 15.6. The van der Waals surface area contributed by atoms with Crippen molar-refractivity contribution in [3.63, 3.8) is 0 Å². The average molecular weight is 310 g/mol. The van der Waals surface area contributed by atoms with E-state index in [9.17, 15) is 26.4 Å². The van der Waals surface area contributed by atoms with Gasteiger partial charge in [0.2, 0.25) is 5.91 Å². The van der Waals surface area contributed by atoms with Gasteiger partial charge in [0.05, 0.1) is 4.90 Å². The molecule has 0 saturated heterocycles. The first-order chi connectivity index (χ1) is 9.01. The summed E-state index contributed by atoms with van der Waals surface area (Å²) in [6, 6.07) is 3.96. The molecule has 3 N–H and O–H groups in total. The Balaban J connectivity index is 2.82. The molecule has 112 valence electrons. The number of benzene rings is 1. The number of nitrogens with one attached hydrogen (secondary N) is 1. The molecule has 0 radical (unpaired) electrons. The van der Waals surface area contributed by atoms with Crippen molar-refractivity contribution in [2.24, 2.45) is 0 Å². The fourth-order valence-electron chi connectivity index (χ4n) is 1.52. The number of hydrogen-bond donors (Lipinski definition) is 2. The summed E-state index contributed by atoms with van der Waals surface area (Å²) in [6.45, 7) is -0.0844. The Hall–Kier alpha value is -1.77. The second-order valence-corrected chi connectivity index (χ2v) is 6.13. The van der Waals surface area contributed by atoms with Gasteiger partial charge in [0.25, 0.3) is 0 Å². The fourth-order valence-corrected chi connectivity index (χ4v) is 2.95. The molecule has 5 nitrogen and oxygen atoms in total. The lowest BCUT2D eigenvalue weighted by atomic mass is 10.2. The molecule has 1 amide bonds. The first-order valence-corrected chi connectivity index (χ1v) is 7.09. The minimum Gasteiger partial charge on any atom is -0.399 e. The molecule has 20 heavy (non-hydrogen) atoms. The SMILES string of the molecule is Cc1cc(N)ccc1S(=O)(=O)CC(=O)NCC(F)(F)F. The van der Waals surface area contributed by atoms with Crippen LogP contribution in [0, 0.1) is 6.92 Å². The molecule has 0 aliphatic rings. The lowest BCUT2D eigenvalue weighted by Gasteiger charge is -2.10. The third-order valence-corrected chi connectivity index (χ3v) is 4.11. The van der Waals surface area contributed by atoms with Gasteiger partial charge < -0.3 is 11.1 Å². The number of hydrogen-bond acceptors (Lipinski definition) is 4.